The van der Waals surface area contributed by atoms with Crippen LogP contribution in [0.15, 0.2) is 30.3 Å². The third kappa shape index (κ3) is 2.66. The molecule has 0 amide bonds. The van der Waals surface area contributed by atoms with Gasteiger partial charge in [-0.3, -0.25) is 0 Å². The topological polar surface area (TPSA) is 0 Å². The maximum Gasteiger partial charge on any atom is 0.348 e. The Bertz CT molecular complexity index is 242. The second kappa shape index (κ2) is 4.01. The van der Waals surface area contributed by atoms with Gasteiger partial charge in [-0.05, 0) is 5.56 Å². The SMILES string of the molecule is CC(c1ccccc1)[Si](Cl)(Cl)Cl. The van der Waals surface area contributed by atoms with Crippen molar-refractivity contribution in [1.82, 2.24) is 0 Å². The van der Waals surface area contributed by atoms with Crippen molar-refractivity contribution in [2.75, 3.05) is 0 Å². The third-order valence-electron chi connectivity index (χ3n) is 1.79. The van der Waals surface area contributed by atoms with Crippen molar-refractivity contribution in [3.8, 4) is 0 Å². The van der Waals surface area contributed by atoms with Crippen LogP contribution in [-0.2, 0) is 0 Å². The summed E-state index contributed by atoms with van der Waals surface area (Å²) < 4.78 is 0. The van der Waals surface area contributed by atoms with E-state index in [0.29, 0.717) is 0 Å². The molecule has 66 valence electrons. The normalized spacial score (nSPS) is 14.3. The quantitative estimate of drug-likeness (QED) is 0.541. The van der Waals surface area contributed by atoms with Gasteiger partial charge in [-0.2, -0.15) is 0 Å². The van der Waals surface area contributed by atoms with Gasteiger partial charge in [0.05, 0.1) is 0 Å². The highest BCUT2D eigenvalue weighted by Crippen LogP contribution is 2.35. The second-order valence-corrected chi connectivity index (χ2v) is 11.7. The summed E-state index contributed by atoms with van der Waals surface area (Å²) in [6.07, 6.45) is 0. The van der Waals surface area contributed by atoms with Crippen molar-refractivity contribution >= 4 is 39.2 Å². The van der Waals surface area contributed by atoms with E-state index in [1.54, 1.807) is 0 Å². The van der Waals surface area contributed by atoms with Gasteiger partial charge in [0.25, 0.3) is 0 Å². The first kappa shape index (κ1) is 10.4. The molecule has 0 saturated carbocycles. The Hall–Kier alpha value is 0.307. The highest BCUT2D eigenvalue weighted by atomic mass is 35.8. The average molecular weight is 240 g/mol. The molecule has 1 atom stereocenters. The zero-order valence-corrected chi connectivity index (χ0v) is 9.87. The van der Waals surface area contributed by atoms with Crippen LogP contribution in [0.5, 0.6) is 0 Å². The van der Waals surface area contributed by atoms with Crippen LogP contribution in [0.3, 0.4) is 0 Å². The van der Waals surface area contributed by atoms with Crippen LogP contribution in [0.25, 0.3) is 0 Å². The van der Waals surface area contributed by atoms with Gasteiger partial charge in [0, 0.05) is 5.54 Å². The van der Waals surface area contributed by atoms with Crippen molar-refractivity contribution in [3.63, 3.8) is 0 Å². The van der Waals surface area contributed by atoms with Gasteiger partial charge in [0.2, 0.25) is 0 Å². The van der Waals surface area contributed by atoms with Crippen LogP contribution in [0, 0.1) is 0 Å². The molecule has 0 aliphatic rings. The number of hydrogen-bond acceptors (Lipinski definition) is 0. The summed E-state index contributed by atoms with van der Waals surface area (Å²) in [6.45, 7) is 1.95. The lowest BCUT2D eigenvalue weighted by Crippen LogP contribution is -2.20. The first-order chi connectivity index (χ1) is 5.52. The Kier molecular flexibility index (Phi) is 3.47. The largest absolute Gasteiger partial charge is 0.348 e. The van der Waals surface area contributed by atoms with E-state index in [0.717, 1.165) is 5.56 Å². The summed E-state index contributed by atoms with van der Waals surface area (Å²) in [5.74, 6) is 0. The van der Waals surface area contributed by atoms with E-state index in [-0.39, 0.29) is 5.54 Å². The number of halogens is 3. The molecule has 0 spiro atoms. The Balaban J connectivity index is 2.86. The predicted octanol–water partition coefficient (Wildman–Crippen LogP) is 3.98. The van der Waals surface area contributed by atoms with Crippen LogP contribution in [0.4, 0.5) is 0 Å². The van der Waals surface area contributed by atoms with Gasteiger partial charge in [0.1, 0.15) is 0 Å². The molecule has 0 saturated heterocycles. The number of hydrogen-bond donors (Lipinski definition) is 0. The molecule has 1 aromatic rings. The van der Waals surface area contributed by atoms with Crippen LogP contribution in [-0.4, -0.2) is 6.00 Å². The van der Waals surface area contributed by atoms with Gasteiger partial charge < -0.3 is 0 Å². The molecule has 0 nitrogen and oxygen atoms in total. The molecule has 1 unspecified atom stereocenters. The fraction of sp³-hybridized carbons (Fsp3) is 0.250. The molecule has 0 bridgehead atoms. The van der Waals surface area contributed by atoms with Gasteiger partial charge in [-0.25, -0.2) is 0 Å². The first-order valence-electron chi connectivity index (χ1n) is 3.63. The van der Waals surface area contributed by atoms with Crippen molar-refractivity contribution in [2.24, 2.45) is 0 Å². The molecule has 0 aliphatic heterocycles. The minimum Gasteiger partial charge on any atom is -0.125 e. The van der Waals surface area contributed by atoms with Crippen LogP contribution in [0.1, 0.15) is 18.0 Å². The molecule has 4 heteroatoms. The van der Waals surface area contributed by atoms with Crippen molar-refractivity contribution in [3.05, 3.63) is 35.9 Å². The predicted molar refractivity (Wildman–Crippen MR) is 58.2 cm³/mol. The Morgan fingerprint density at radius 2 is 1.58 bits per heavy atom. The second-order valence-electron chi connectivity index (χ2n) is 2.67. The standard InChI is InChI=1S/C8H9Cl3Si/c1-7(12(9,10)11)8-5-3-2-4-6-8/h2-7H,1H3. The fourth-order valence-corrected chi connectivity index (χ4v) is 2.64. The van der Waals surface area contributed by atoms with E-state index in [2.05, 4.69) is 0 Å². The van der Waals surface area contributed by atoms with E-state index >= 15 is 0 Å². The van der Waals surface area contributed by atoms with Crippen molar-refractivity contribution in [1.29, 1.82) is 0 Å². The zero-order valence-electron chi connectivity index (χ0n) is 6.60. The molecule has 0 fully saturated rings. The van der Waals surface area contributed by atoms with Gasteiger partial charge >= 0.3 is 6.00 Å². The Labute approximate surface area is 87.6 Å². The lowest BCUT2D eigenvalue weighted by atomic mass is 10.2. The lowest BCUT2D eigenvalue weighted by molar-refractivity contribution is 1.07. The summed E-state index contributed by atoms with van der Waals surface area (Å²) in [6, 6.07) is 7.25. The Morgan fingerprint density at radius 1 is 1.08 bits per heavy atom. The molecule has 12 heavy (non-hydrogen) atoms. The molecular formula is C8H9Cl3Si. The van der Waals surface area contributed by atoms with Gasteiger partial charge in [-0.1, -0.05) is 37.3 Å². The van der Waals surface area contributed by atoms with E-state index < -0.39 is 6.00 Å². The fourth-order valence-electron chi connectivity index (χ4n) is 0.931. The van der Waals surface area contributed by atoms with Gasteiger partial charge in [-0.15, -0.1) is 33.2 Å². The number of benzene rings is 1. The first-order valence-corrected chi connectivity index (χ1v) is 8.75. The molecule has 0 heterocycles. The molecular weight excluding hydrogens is 231 g/mol. The molecule has 1 aromatic carbocycles. The molecule has 0 N–H and O–H groups in total. The lowest BCUT2D eigenvalue weighted by Gasteiger charge is -2.17. The van der Waals surface area contributed by atoms with E-state index in [1.807, 2.05) is 37.3 Å². The highest BCUT2D eigenvalue weighted by Gasteiger charge is 2.34. The van der Waals surface area contributed by atoms with Crippen LogP contribution in [0.2, 0.25) is 0 Å². The summed E-state index contributed by atoms with van der Waals surface area (Å²) in [7, 11) is 0. The summed E-state index contributed by atoms with van der Waals surface area (Å²) in [5, 5.41) is 0. The number of rotatable bonds is 2. The summed E-state index contributed by atoms with van der Waals surface area (Å²) >= 11 is 17.7. The van der Waals surface area contributed by atoms with Crippen molar-refractivity contribution < 1.29 is 0 Å². The van der Waals surface area contributed by atoms with Crippen LogP contribution >= 0.6 is 33.2 Å². The molecule has 0 radical (unpaired) electrons. The minimum atomic E-state index is -2.58. The molecule has 0 aliphatic carbocycles. The van der Waals surface area contributed by atoms with Crippen LogP contribution < -0.4 is 0 Å². The smallest absolute Gasteiger partial charge is 0.125 e. The van der Waals surface area contributed by atoms with E-state index in [9.17, 15) is 0 Å². The van der Waals surface area contributed by atoms with Crippen molar-refractivity contribution in [2.45, 2.75) is 12.5 Å². The average Bonchev–Trinajstić information content (AvgIpc) is 2.03. The van der Waals surface area contributed by atoms with E-state index in [4.69, 9.17) is 33.2 Å². The third-order valence-corrected chi connectivity index (χ3v) is 6.05. The maximum absolute atomic E-state index is 5.89. The van der Waals surface area contributed by atoms with E-state index in [1.165, 1.54) is 0 Å². The minimum absolute atomic E-state index is 0.0590. The maximum atomic E-state index is 5.89. The molecule has 0 aromatic heterocycles. The highest BCUT2D eigenvalue weighted by molar-refractivity contribution is 7.65. The summed E-state index contributed by atoms with van der Waals surface area (Å²) in [5.41, 5.74) is 1.16. The Morgan fingerprint density at radius 3 is 2.00 bits per heavy atom. The monoisotopic (exact) mass is 238 g/mol. The summed E-state index contributed by atoms with van der Waals surface area (Å²) in [4.78, 5) is 0. The zero-order chi connectivity index (χ0) is 9.19. The molecule has 1 rings (SSSR count). The van der Waals surface area contributed by atoms with Gasteiger partial charge in [0.15, 0.2) is 0 Å².